The van der Waals surface area contributed by atoms with Gasteiger partial charge in [-0.05, 0) is 31.6 Å². The van der Waals surface area contributed by atoms with Gasteiger partial charge in [0.15, 0.2) is 6.39 Å². The molecule has 0 aromatic carbocycles. The second-order valence-corrected chi connectivity index (χ2v) is 7.88. The molecule has 0 unspecified atom stereocenters. The number of rotatable bonds is 4. The van der Waals surface area contributed by atoms with Gasteiger partial charge in [0.2, 0.25) is 0 Å². The molecule has 0 bridgehead atoms. The van der Waals surface area contributed by atoms with Crippen molar-refractivity contribution in [2.75, 3.05) is 6.54 Å². The molecule has 2 saturated carbocycles. The van der Waals surface area contributed by atoms with E-state index in [0.717, 1.165) is 55.2 Å². The fourth-order valence-corrected chi connectivity index (χ4v) is 4.23. The quantitative estimate of drug-likeness (QED) is 0.915. The number of fused-ring (bicyclic) bond motifs is 1. The van der Waals surface area contributed by atoms with Crippen molar-refractivity contribution < 1.29 is 9.21 Å². The molecule has 7 heteroatoms. The van der Waals surface area contributed by atoms with Gasteiger partial charge >= 0.3 is 6.03 Å². The van der Waals surface area contributed by atoms with Crippen LogP contribution in [0.3, 0.4) is 0 Å². The Bertz CT molecular complexity index is 787. The first-order valence-electron chi connectivity index (χ1n) is 9.80. The predicted octanol–water partition coefficient (Wildman–Crippen LogP) is 2.96. The number of hydrogen-bond donors (Lipinski definition) is 1. The average molecular weight is 355 g/mol. The Morgan fingerprint density at radius 2 is 2.12 bits per heavy atom. The van der Waals surface area contributed by atoms with Crippen LogP contribution in [0.1, 0.15) is 49.8 Å². The number of nitrogens with zero attached hydrogens (tertiary/aromatic N) is 4. The fraction of sp³-hybridized carbons (Fsp3) is 0.632. The van der Waals surface area contributed by atoms with E-state index in [4.69, 9.17) is 9.52 Å². The number of oxazole rings is 1. The van der Waals surface area contributed by atoms with Crippen LogP contribution in [0.5, 0.6) is 0 Å². The van der Waals surface area contributed by atoms with E-state index in [1.807, 2.05) is 4.90 Å². The largest absolute Gasteiger partial charge is 0.451 e. The predicted molar refractivity (Wildman–Crippen MR) is 95.3 cm³/mol. The van der Waals surface area contributed by atoms with Crippen LogP contribution >= 0.6 is 0 Å². The van der Waals surface area contributed by atoms with Crippen molar-refractivity contribution in [1.29, 1.82) is 0 Å². The monoisotopic (exact) mass is 355 g/mol. The van der Waals surface area contributed by atoms with Crippen molar-refractivity contribution in [1.82, 2.24) is 25.0 Å². The van der Waals surface area contributed by atoms with E-state index in [9.17, 15) is 4.79 Å². The third-order valence-corrected chi connectivity index (χ3v) is 5.91. The van der Waals surface area contributed by atoms with Crippen molar-refractivity contribution >= 4 is 6.03 Å². The summed E-state index contributed by atoms with van der Waals surface area (Å²) in [5.74, 6) is 0.757. The first kappa shape index (κ1) is 15.9. The molecule has 1 N–H and O–H groups in total. The summed E-state index contributed by atoms with van der Waals surface area (Å²) in [5, 5.41) is 8.06. The highest BCUT2D eigenvalue weighted by Gasteiger charge is 2.32. The van der Waals surface area contributed by atoms with E-state index in [1.165, 1.54) is 37.8 Å². The van der Waals surface area contributed by atoms with Crippen LogP contribution < -0.4 is 5.32 Å². The van der Waals surface area contributed by atoms with Crippen LogP contribution in [0.2, 0.25) is 0 Å². The van der Waals surface area contributed by atoms with Crippen LogP contribution in [-0.4, -0.2) is 38.3 Å². The Hall–Kier alpha value is -2.31. The van der Waals surface area contributed by atoms with Gasteiger partial charge in [-0.2, -0.15) is 5.10 Å². The molecule has 7 nitrogen and oxygen atoms in total. The molecule has 0 saturated heterocycles. The van der Waals surface area contributed by atoms with Crippen molar-refractivity contribution in [2.45, 2.75) is 64.1 Å². The summed E-state index contributed by atoms with van der Waals surface area (Å²) in [7, 11) is 0. The number of hydrogen-bond acceptors (Lipinski definition) is 4. The lowest BCUT2D eigenvalue weighted by molar-refractivity contribution is 0.187. The number of nitrogens with one attached hydrogen (secondary N) is 1. The van der Waals surface area contributed by atoms with Crippen molar-refractivity contribution in [3.63, 3.8) is 0 Å². The molecule has 3 heterocycles. The molecule has 3 aliphatic rings. The Labute approximate surface area is 152 Å². The smallest absolute Gasteiger partial charge is 0.317 e. The van der Waals surface area contributed by atoms with Crippen LogP contribution in [0, 0.1) is 5.92 Å². The second kappa shape index (κ2) is 6.45. The summed E-state index contributed by atoms with van der Waals surface area (Å²) in [6.07, 6.45) is 11.2. The van der Waals surface area contributed by atoms with Gasteiger partial charge in [0, 0.05) is 36.8 Å². The van der Waals surface area contributed by atoms with E-state index >= 15 is 0 Å². The topological polar surface area (TPSA) is 76.2 Å². The number of carbonyl (C=O) groups is 1. The van der Waals surface area contributed by atoms with Crippen molar-refractivity contribution in [2.24, 2.45) is 5.92 Å². The molecule has 1 aliphatic heterocycles. The standard InChI is InChI=1S/C19H25N5O2/c25-19(21-14-3-1-2-4-14)23-8-7-17-15(10-23)18(16-11-26-12-20-16)22-24(17)9-13-5-6-13/h11-14H,1-10H2,(H,21,25). The van der Waals surface area contributed by atoms with Gasteiger partial charge in [0.25, 0.3) is 0 Å². The van der Waals surface area contributed by atoms with Gasteiger partial charge in [0.1, 0.15) is 17.7 Å². The summed E-state index contributed by atoms with van der Waals surface area (Å²) in [5.41, 5.74) is 4.02. The summed E-state index contributed by atoms with van der Waals surface area (Å²) >= 11 is 0. The van der Waals surface area contributed by atoms with Gasteiger partial charge in [0.05, 0.1) is 6.54 Å². The molecule has 26 heavy (non-hydrogen) atoms. The summed E-state index contributed by atoms with van der Waals surface area (Å²) in [6.45, 7) is 2.33. The maximum absolute atomic E-state index is 12.7. The molecule has 138 valence electrons. The minimum atomic E-state index is 0.0589. The zero-order valence-electron chi connectivity index (χ0n) is 15.0. The number of amides is 2. The number of urea groups is 1. The van der Waals surface area contributed by atoms with Gasteiger partial charge < -0.3 is 14.6 Å². The fourth-order valence-electron chi connectivity index (χ4n) is 4.23. The minimum absolute atomic E-state index is 0.0589. The SMILES string of the molecule is O=C(NC1CCCC1)N1CCc2c(c(-c3cocn3)nn2CC2CC2)C1. The van der Waals surface area contributed by atoms with Crippen LogP contribution in [0.15, 0.2) is 17.1 Å². The van der Waals surface area contributed by atoms with Gasteiger partial charge in [-0.25, -0.2) is 9.78 Å². The summed E-state index contributed by atoms with van der Waals surface area (Å²) < 4.78 is 7.33. The third-order valence-electron chi connectivity index (χ3n) is 5.91. The Morgan fingerprint density at radius 3 is 2.85 bits per heavy atom. The van der Waals surface area contributed by atoms with E-state index in [1.54, 1.807) is 6.26 Å². The molecule has 0 atom stereocenters. The number of aromatic nitrogens is 3. The molecule has 2 fully saturated rings. The highest BCUT2D eigenvalue weighted by atomic mass is 16.3. The second-order valence-electron chi connectivity index (χ2n) is 7.88. The average Bonchev–Trinajstić information content (AvgIpc) is 3.08. The number of carbonyl (C=O) groups excluding carboxylic acids is 1. The van der Waals surface area contributed by atoms with E-state index in [2.05, 4.69) is 15.0 Å². The molecule has 0 spiro atoms. The normalized spacial score (nSPS) is 20.4. The lowest BCUT2D eigenvalue weighted by atomic mass is 10.0. The Balaban J connectivity index is 1.40. The first-order chi connectivity index (χ1) is 12.8. The van der Waals surface area contributed by atoms with Crippen LogP contribution in [0.4, 0.5) is 4.79 Å². The lowest BCUT2D eigenvalue weighted by Gasteiger charge is -2.29. The van der Waals surface area contributed by atoms with Gasteiger partial charge in [-0.15, -0.1) is 0 Å². The maximum Gasteiger partial charge on any atom is 0.317 e. The van der Waals surface area contributed by atoms with Crippen LogP contribution in [0.25, 0.3) is 11.4 Å². The van der Waals surface area contributed by atoms with Crippen LogP contribution in [-0.2, 0) is 19.5 Å². The third kappa shape index (κ3) is 2.99. The summed E-state index contributed by atoms with van der Waals surface area (Å²) in [6, 6.07) is 0.403. The van der Waals surface area contributed by atoms with E-state index < -0.39 is 0 Å². The van der Waals surface area contributed by atoms with Gasteiger partial charge in [-0.1, -0.05) is 12.8 Å². The highest BCUT2D eigenvalue weighted by molar-refractivity contribution is 5.75. The molecular weight excluding hydrogens is 330 g/mol. The molecule has 2 amide bonds. The zero-order chi connectivity index (χ0) is 17.5. The lowest BCUT2D eigenvalue weighted by Crippen LogP contribution is -2.46. The van der Waals surface area contributed by atoms with Crippen molar-refractivity contribution in [3.8, 4) is 11.4 Å². The Morgan fingerprint density at radius 1 is 1.27 bits per heavy atom. The highest BCUT2D eigenvalue weighted by Crippen LogP contribution is 2.34. The maximum atomic E-state index is 12.7. The molecule has 2 aromatic rings. The van der Waals surface area contributed by atoms with E-state index in [-0.39, 0.29) is 6.03 Å². The van der Waals surface area contributed by atoms with E-state index in [0.29, 0.717) is 12.6 Å². The molecule has 0 radical (unpaired) electrons. The van der Waals surface area contributed by atoms with Crippen molar-refractivity contribution in [3.05, 3.63) is 23.9 Å². The molecule has 5 rings (SSSR count). The zero-order valence-corrected chi connectivity index (χ0v) is 15.0. The Kier molecular flexibility index (Phi) is 3.94. The minimum Gasteiger partial charge on any atom is -0.451 e. The van der Waals surface area contributed by atoms with Gasteiger partial charge in [-0.3, -0.25) is 4.68 Å². The molecular formula is C19H25N5O2. The molecule has 2 aliphatic carbocycles. The summed E-state index contributed by atoms with van der Waals surface area (Å²) in [4.78, 5) is 18.9. The first-order valence-corrected chi connectivity index (χ1v) is 9.80. The molecule has 2 aromatic heterocycles.